The number of rotatable bonds is 2. The lowest BCUT2D eigenvalue weighted by molar-refractivity contribution is 0.0985. The smallest absolute Gasteiger partial charge is 0.149 e. The van der Waals surface area contributed by atoms with E-state index in [1.807, 2.05) is 7.05 Å². The second-order valence-corrected chi connectivity index (χ2v) is 3.63. The van der Waals surface area contributed by atoms with Crippen LogP contribution in [0.4, 0.5) is 11.6 Å². The van der Waals surface area contributed by atoms with Gasteiger partial charge in [0.1, 0.15) is 11.6 Å². The molecule has 1 unspecified atom stereocenters. The van der Waals surface area contributed by atoms with Crippen LogP contribution in [0.1, 0.15) is 6.92 Å². The summed E-state index contributed by atoms with van der Waals surface area (Å²) in [7, 11) is 1.84. The molecule has 0 spiro atoms. The van der Waals surface area contributed by atoms with Gasteiger partial charge in [-0.25, -0.2) is 4.98 Å². The lowest BCUT2D eigenvalue weighted by Crippen LogP contribution is -2.44. The van der Waals surface area contributed by atoms with Crippen LogP contribution in [0.25, 0.3) is 0 Å². The molecule has 0 aromatic carbocycles. The maximum atomic E-state index is 5.38. The summed E-state index contributed by atoms with van der Waals surface area (Å²) in [6.07, 6.45) is 3.51. The van der Waals surface area contributed by atoms with E-state index >= 15 is 0 Å². The van der Waals surface area contributed by atoms with E-state index < -0.39 is 0 Å². The molecule has 5 heteroatoms. The highest BCUT2D eigenvalue weighted by Crippen LogP contribution is 2.17. The maximum Gasteiger partial charge on any atom is 0.149 e. The molecule has 1 fully saturated rings. The fraction of sp³-hybridized carbons (Fsp3) is 0.600. The van der Waals surface area contributed by atoms with Gasteiger partial charge in [-0.2, -0.15) is 0 Å². The molecule has 1 aliphatic heterocycles. The van der Waals surface area contributed by atoms with E-state index in [4.69, 9.17) is 4.74 Å². The first-order chi connectivity index (χ1) is 7.31. The van der Waals surface area contributed by atoms with E-state index in [2.05, 4.69) is 27.1 Å². The molecule has 1 N–H and O–H groups in total. The van der Waals surface area contributed by atoms with Gasteiger partial charge in [0, 0.05) is 13.6 Å². The van der Waals surface area contributed by atoms with E-state index in [0.717, 1.165) is 31.4 Å². The summed E-state index contributed by atoms with van der Waals surface area (Å²) in [5.74, 6) is 1.71. The fourth-order valence-electron chi connectivity index (χ4n) is 1.68. The Labute approximate surface area is 89.5 Å². The van der Waals surface area contributed by atoms with Crippen molar-refractivity contribution in [3.63, 3.8) is 0 Å². The first kappa shape index (κ1) is 10.2. The molecule has 0 saturated carbocycles. The molecule has 1 atom stereocenters. The third-order valence-electron chi connectivity index (χ3n) is 2.54. The summed E-state index contributed by atoms with van der Waals surface area (Å²) in [6.45, 7) is 4.52. The normalized spacial score (nSPS) is 21.5. The van der Waals surface area contributed by atoms with Gasteiger partial charge >= 0.3 is 0 Å². The van der Waals surface area contributed by atoms with E-state index in [9.17, 15) is 0 Å². The summed E-state index contributed by atoms with van der Waals surface area (Å²) in [4.78, 5) is 10.8. The van der Waals surface area contributed by atoms with Gasteiger partial charge in [-0.05, 0) is 6.92 Å². The van der Waals surface area contributed by atoms with Gasteiger partial charge in [-0.1, -0.05) is 0 Å². The van der Waals surface area contributed by atoms with Crippen molar-refractivity contribution in [3.8, 4) is 0 Å². The van der Waals surface area contributed by atoms with Crippen molar-refractivity contribution >= 4 is 11.6 Å². The van der Waals surface area contributed by atoms with E-state index in [-0.39, 0.29) is 0 Å². The zero-order chi connectivity index (χ0) is 10.7. The highest BCUT2D eigenvalue weighted by Gasteiger charge is 2.20. The van der Waals surface area contributed by atoms with Crippen LogP contribution in [0.3, 0.4) is 0 Å². The molecule has 0 amide bonds. The van der Waals surface area contributed by atoms with Gasteiger partial charge < -0.3 is 15.0 Å². The maximum absolute atomic E-state index is 5.38. The predicted octanol–water partition coefficient (Wildman–Crippen LogP) is 0.743. The van der Waals surface area contributed by atoms with E-state index in [1.165, 1.54) is 0 Å². The lowest BCUT2D eigenvalue weighted by Gasteiger charge is -2.34. The van der Waals surface area contributed by atoms with Crippen LogP contribution in [0.5, 0.6) is 0 Å². The molecule has 1 aromatic heterocycles. The van der Waals surface area contributed by atoms with E-state index in [0.29, 0.717) is 6.04 Å². The highest BCUT2D eigenvalue weighted by molar-refractivity contribution is 5.44. The topological polar surface area (TPSA) is 50.3 Å². The molecule has 0 aliphatic carbocycles. The number of ether oxygens (including phenoxy) is 1. The van der Waals surface area contributed by atoms with Crippen LogP contribution in [0.15, 0.2) is 12.4 Å². The minimum absolute atomic E-state index is 0.361. The molecule has 0 bridgehead atoms. The van der Waals surface area contributed by atoms with Gasteiger partial charge in [0.2, 0.25) is 0 Å². The van der Waals surface area contributed by atoms with Crippen LogP contribution in [-0.2, 0) is 4.74 Å². The quantitative estimate of drug-likeness (QED) is 0.777. The number of aromatic nitrogens is 2. The van der Waals surface area contributed by atoms with Crippen LogP contribution in [-0.4, -0.2) is 42.8 Å². The average Bonchev–Trinajstić information content (AvgIpc) is 2.30. The number of anilines is 2. The van der Waals surface area contributed by atoms with Crippen molar-refractivity contribution in [2.45, 2.75) is 13.0 Å². The molecule has 2 heterocycles. The monoisotopic (exact) mass is 208 g/mol. The number of morpholine rings is 1. The van der Waals surface area contributed by atoms with Crippen molar-refractivity contribution in [2.75, 3.05) is 37.0 Å². The van der Waals surface area contributed by atoms with Crippen LogP contribution in [0.2, 0.25) is 0 Å². The molecular formula is C10H16N4O. The second kappa shape index (κ2) is 4.44. The van der Waals surface area contributed by atoms with Crippen molar-refractivity contribution in [1.29, 1.82) is 0 Å². The standard InChI is InChI=1S/C10H16N4O/c1-8-7-15-4-3-14(8)10-6-12-5-9(11-2)13-10/h5-6,8H,3-4,7H2,1-2H3,(H,11,13). The van der Waals surface area contributed by atoms with Gasteiger partial charge in [0.25, 0.3) is 0 Å². The van der Waals surface area contributed by atoms with Crippen molar-refractivity contribution in [1.82, 2.24) is 9.97 Å². The molecule has 1 aromatic rings. The minimum atomic E-state index is 0.361. The molecule has 15 heavy (non-hydrogen) atoms. The number of hydrogen-bond donors (Lipinski definition) is 1. The molecule has 1 aliphatic rings. The second-order valence-electron chi connectivity index (χ2n) is 3.63. The molecular weight excluding hydrogens is 192 g/mol. The number of hydrogen-bond acceptors (Lipinski definition) is 5. The Morgan fingerprint density at radius 1 is 1.53 bits per heavy atom. The number of nitrogens with zero attached hydrogens (tertiary/aromatic N) is 3. The Morgan fingerprint density at radius 2 is 2.40 bits per heavy atom. The van der Waals surface area contributed by atoms with Gasteiger partial charge in [0.05, 0.1) is 31.6 Å². The van der Waals surface area contributed by atoms with Crippen LogP contribution < -0.4 is 10.2 Å². The highest BCUT2D eigenvalue weighted by atomic mass is 16.5. The first-order valence-electron chi connectivity index (χ1n) is 5.15. The zero-order valence-corrected chi connectivity index (χ0v) is 9.10. The van der Waals surface area contributed by atoms with Crippen LogP contribution >= 0.6 is 0 Å². The SMILES string of the molecule is CNc1cncc(N2CCOCC2C)n1. The van der Waals surface area contributed by atoms with Gasteiger partial charge in [-0.3, -0.25) is 4.98 Å². The fourth-order valence-corrected chi connectivity index (χ4v) is 1.68. The Hall–Kier alpha value is -1.36. The Kier molecular flexibility index (Phi) is 3.01. The van der Waals surface area contributed by atoms with Crippen LogP contribution in [0, 0.1) is 0 Å². The minimum Gasteiger partial charge on any atom is -0.377 e. The average molecular weight is 208 g/mol. The summed E-state index contributed by atoms with van der Waals surface area (Å²) < 4.78 is 5.38. The zero-order valence-electron chi connectivity index (χ0n) is 9.10. The molecule has 2 rings (SSSR count). The third-order valence-corrected chi connectivity index (χ3v) is 2.54. The third kappa shape index (κ3) is 2.18. The lowest BCUT2D eigenvalue weighted by atomic mass is 10.2. The Bertz CT molecular complexity index is 331. The summed E-state index contributed by atoms with van der Waals surface area (Å²) >= 11 is 0. The van der Waals surface area contributed by atoms with Crippen molar-refractivity contribution in [2.24, 2.45) is 0 Å². The first-order valence-corrected chi connectivity index (χ1v) is 5.15. The largest absolute Gasteiger partial charge is 0.377 e. The molecule has 5 nitrogen and oxygen atoms in total. The predicted molar refractivity (Wildman–Crippen MR) is 59.2 cm³/mol. The van der Waals surface area contributed by atoms with Crippen molar-refractivity contribution < 1.29 is 4.74 Å². The van der Waals surface area contributed by atoms with Gasteiger partial charge in [-0.15, -0.1) is 0 Å². The Balaban J connectivity index is 2.19. The summed E-state index contributed by atoms with van der Waals surface area (Å²) in [6, 6.07) is 0.361. The molecule has 82 valence electrons. The molecule has 0 radical (unpaired) electrons. The number of nitrogens with one attached hydrogen (secondary N) is 1. The van der Waals surface area contributed by atoms with Crippen molar-refractivity contribution in [3.05, 3.63) is 12.4 Å². The Morgan fingerprint density at radius 3 is 3.13 bits per heavy atom. The summed E-state index contributed by atoms with van der Waals surface area (Å²) in [5, 5.41) is 2.99. The van der Waals surface area contributed by atoms with E-state index in [1.54, 1.807) is 12.4 Å². The summed E-state index contributed by atoms with van der Waals surface area (Å²) in [5.41, 5.74) is 0. The van der Waals surface area contributed by atoms with Gasteiger partial charge in [0.15, 0.2) is 0 Å². The molecule has 1 saturated heterocycles.